The van der Waals surface area contributed by atoms with Crippen LogP contribution in [0.4, 0.5) is 0 Å². The van der Waals surface area contributed by atoms with Crippen LogP contribution in [0.15, 0.2) is 36.0 Å². The van der Waals surface area contributed by atoms with Crippen LogP contribution in [0.25, 0.3) is 0 Å². The van der Waals surface area contributed by atoms with Crippen molar-refractivity contribution in [1.82, 2.24) is 0 Å². The summed E-state index contributed by atoms with van der Waals surface area (Å²) < 4.78 is 21.2. The van der Waals surface area contributed by atoms with Gasteiger partial charge in [0.05, 0.1) is 21.2 Å². The van der Waals surface area contributed by atoms with Gasteiger partial charge in [-0.2, -0.15) is 0 Å². The Balaban J connectivity index is -0.0000000741. The fourth-order valence-corrected chi connectivity index (χ4v) is 1.77. The summed E-state index contributed by atoms with van der Waals surface area (Å²) in [5, 5.41) is 8.41. The van der Waals surface area contributed by atoms with E-state index in [2.05, 4.69) is 10.9 Å². The summed E-state index contributed by atoms with van der Waals surface area (Å²) in [6.07, 6.45) is 4.87. The van der Waals surface area contributed by atoms with Crippen LogP contribution in [-0.4, -0.2) is 11.1 Å². The second-order valence-electron chi connectivity index (χ2n) is 2.75. The first-order valence-corrected chi connectivity index (χ1v) is 6.91. The van der Waals surface area contributed by atoms with Crippen molar-refractivity contribution < 1.29 is 248 Å². The number of rotatable bonds is 3. The summed E-state index contributed by atoms with van der Waals surface area (Å²) in [5.74, 6) is -0.912. The zero-order valence-electron chi connectivity index (χ0n) is 12.5. The fraction of sp³-hybridized carbons (Fsp3) is 0. The minimum Gasteiger partial charge on any atom is -0.790 e. The van der Waals surface area contributed by atoms with E-state index in [1.165, 1.54) is 6.08 Å². The molecule has 0 heterocycles. The van der Waals surface area contributed by atoms with Crippen LogP contribution in [0.1, 0.15) is 0 Å². The topological polar surface area (TPSA) is 173 Å². The van der Waals surface area contributed by atoms with E-state index in [1.54, 1.807) is 12.2 Å². The maximum Gasteiger partial charge on any atom is 1.00 e. The molecule has 1 N–H and O–H groups in total. The van der Waals surface area contributed by atoms with Gasteiger partial charge in [0, 0.05) is 0 Å². The molecule has 102 valence electrons. The van der Waals surface area contributed by atoms with Crippen LogP contribution < -0.4 is 225 Å². The molecule has 1 rings (SSSR count). The maximum absolute atomic E-state index is 10.2. The molecule has 1 aliphatic rings. The maximum atomic E-state index is 10.2. The van der Waals surface area contributed by atoms with Gasteiger partial charge in [0.1, 0.15) is 0 Å². The molecule has 0 radical (unpaired) electrons. The van der Waals surface area contributed by atoms with Crippen molar-refractivity contribution in [2.45, 2.75) is 0 Å². The normalized spacial score (nSPS) is 12.2. The summed E-state index contributed by atoms with van der Waals surface area (Å²) in [7, 11) is -11.4. The Morgan fingerprint density at radius 3 is 1.50 bits per heavy atom. The quantitative estimate of drug-likeness (QED) is 0.322. The summed E-state index contributed by atoms with van der Waals surface area (Å²) in [6.45, 7) is 3.52. The van der Waals surface area contributed by atoms with Crippen LogP contribution in [0.3, 0.4) is 0 Å². The number of carboxylic acid groups (broad SMARTS) is 1. The second-order valence-corrected chi connectivity index (χ2v) is 5.19. The van der Waals surface area contributed by atoms with E-state index >= 15 is 0 Å². The molecule has 0 aromatic carbocycles. The van der Waals surface area contributed by atoms with Gasteiger partial charge >= 0.3 is 212 Å². The summed E-state index contributed by atoms with van der Waals surface area (Å²) in [5.41, 5.74) is 0.859. The minimum atomic E-state index is -5.68. The van der Waals surface area contributed by atoms with Gasteiger partial charge in [-0.3, -0.25) is 0 Å². The molecule has 0 spiro atoms. The average molecular weight is 452 g/mol. The number of aliphatic carboxylic acids is 1. The van der Waals surface area contributed by atoms with Gasteiger partial charge in [-0.05, 0) is 11.6 Å². The van der Waals surface area contributed by atoms with E-state index in [1.807, 2.05) is 0 Å². The molecular weight excluding hydrogens is 446 g/mol. The molecule has 0 atom stereocenters. The van der Waals surface area contributed by atoms with Crippen molar-refractivity contribution in [2.75, 3.05) is 0 Å². The van der Waals surface area contributed by atoms with Crippen molar-refractivity contribution in [2.24, 2.45) is 0 Å². The summed E-state index contributed by atoms with van der Waals surface area (Å²) in [6, 6.07) is 0. The van der Waals surface area contributed by atoms with Gasteiger partial charge < -0.3 is 38.1 Å². The van der Waals surface area contributed by atoms with E-state index in [0.29, 0.717) is 5.57 Å². The molecule has 9 nitrogen and oxygen atoms in total. The molecule has 0 saturated carbocycles. The molecular formula is C7H6K4O9P2. The van der Waals surface area contributed by atoms with Gasteiger partial charge in [0.15, 0.2) is 0 Å². The molecule has 0 aliphatic heterocycles. The first kappa shape index (κ1) is 38.1. The van der Waals surface area contributed by atoms with Crippen LogP contribution in [0, 0.1) is 0 Å². The van der Waals surface area contributed by atoms with Crippen molar-refractivity contribution >= 4 is 21.6 Å². The minimum absolute atomic E-state index is 0. The Labute approximate surface area is 297 Å². The molecule has 0 unspecified atom stereocenters. The number of allylic oxidation sites excluding steroid dienone is 3. The summed E-state index contributed by atoms with van der Waals surface area (Å²) >= 11 is 0. The van der Waals surface area contributed by atoms with Gasteiger partial charge in [0.2, 0.25) is 0 Å². The first-order chi connectivity index (χ1) is 7.92. The Bertz CT molecular complexity index is 486. The van der Waals surface area contributed by atoms with Gasteiger partial charge in [-0.1, -0.05) is 18.7 Å². The SMILES string of the molecule is C=C1C=CC=C1C(=O)O.O=P([O-])([O-])OP(=O)([O-])[O-].[K+].[K+].[K+].[K+]. The van der Waals surface area contributed by atoms with Crippen LogP contribution in [0.5, 0.6) is 0 Å². The molecule has 0 bridgehead atoms. The third-order valence-electron chi connectivity index (χ3n) is 1.34. The largest absolute Gasteiger partial charge is 1.00 e. The first-order valence-electron chi connectivity index (χ1n) is 3.99. The standard InChI is InChI=1S/C7H6O2.4K.H4O7P2/c1-5-3-2-4-6(5)7(8)9;;;;;1-8(2,3)7-9(4,5)6/h2-4H,1H2,(H,8,9);;;;;(H2,1,2,3)(H2,4,5,6)/q;4*+1;/p-4. The average Bonchev–Trinajstić information content (AvgIpc) is 2.44. The molecule has 22 heavy (non-hydrogen) atoms. The van der Waals surface area contributed by atoms with Crippen LogP contribution in [-0.2, 0) is 18.2 Å². The molecule has 0 fully saturated rings. The third-order valence-corrected chi connectivity index (χ3v) is 2.94. The molecule has 1 aliphatic carbocycles. The molecule has 0 aromatic heterocycles. The van der Waals surface area contributed by atoms with E-state index in [-0.39, 0.29) is 211 Å². The number of hydrogen-bond acceptors (Lipinski definition) is 8. The van der Waals surface area contributed by atoms with E-state index in [4.69, 9.17) is 5.11 Å². The summed E-state index contributed by atoms with van der Waals surface area (Å²) in [4.78, 5) is 47.5. The van der Waals surface area contributed by atoms with E-state index in [0.717, 1.165) is 0 Å². The Morgan fingerprint density at radius 1 is 1.05 bits per heavy atom. The number of carbonyl (C=O) groups is 1. The van der Waals surface area contributed by atoms with Crippen molar-refractivity contribution in [3.8, 4) is 0 Å². The van der Waals surface area contributed by atoms with Gasteiger partial charge in [-0.25, -0.2) is 4.79 Å². The van der Waals surface area contributed by atoms with Gasteiger partial charge in [-0.15, -0.1) is 0 Å². The van der Waals surface area contributed by atoms with Crippen molar-refractivity contribution in [3.63, 3.8) is 0 Å². The Morgan fingerprint density at radius 2 is 1.41 bits per heavy atom. The molecule has 0 amide bonds. The smallest absolute Gasteiger partial charge is 0.790 e. The number of hydrogen-bond donors (Lipinski definition) is 1. The van der Waals surface area contributed by atoms with E-state index in [9.17, 15) is 33.5 Å². The van der Waals surface area contributed by atoms with Crippen LogP contribution >= 0.6 is 15.6 Å². The molecule has 0 saturated heterocycles. The number of phosphoric acid groups is 2. The third kappa shape index (κ3) is 23.5. The molecule has 15 heteroatoms. The predicted octanol–water partition coefficient (Wildman–Crippen LogP) is -14.2. The Hall–Kier alpha value is 5.50. The zero-order valence-corrected chi connectivity index (χ0v) is 26.8. The Kier molecular flexibility index (Phi) is 32.1. The van der Waals surface area contributed by atoms with E-state index < -0.39 is 21.6 Å². The fourth-order valence-electron chi connectivity index (χ4n) is 0.788. The molecule has 0 aromatic rings. The van der Waals surface area contributed by atoms with Crippen molar-refractivity contribution in [1.29, 1.82) is 0 Å². The monoisotopic (exact) mass is 452 g/mol. The van der Waals surface area contributed by atoms with Crippen LogP contribution in [0.2, 0.25) is 0 Å². The zero-order chi connectivity index (χ0) is 14.6. The van der Waals surface area contributed by atoms with Crippen molar-refractivity contribution in [3.05, 3.63) is 36.0 Å². The van der Waals surface area contributed by atoms with Gasteiger partial charge in [0.25, 0.3) is 0 Å². The number of carboxylic acids is 1. The predicted molar refractivity (Wildman–Crippen MR) is 50.3 cm³/mol. The second kappa shape index (κ2) is 18.5.